The highest BCUT2D eigenvalue weighted by Crippen LogP contribution is 2.12. The molecule has 1 aliphatic rings. The van der Waals surface area contributed by atoms with E-state index in [1.165, 1.54) is 5.56 Å². The van der Waals surface area contributed by atoms with Gasteiger partial charge in [0.25, 0.3) is 0 Å². The van der Waals surface area contributed by atoms with Gasteiger partial charge in [-0.05, 0) is 37.0 Å². The fourth-order valence-electron chi connectivity index (χ4n) is 3.23. The summed E-state index contributed by atoms with van der Waals surface area (Å²) in [5, 5.41) is 6.84. The number of nitrogens with zero attached hydrogens (tertiary/aromatic N) is 1. The van der Waals surface area contributed by atoms with Gasteiger partial charge in [-0.2, -0.15) is 0 Å². The smallest absolute Gasteiger partial charge is 0.191 e. The van der Waals surface area contributed by atoms with E-state index in [1.807, 2.05) is 18.2 Å². The predicted molar refractivity (Wildman–Crippen MR) is 131 cm³/mol. The molecule has 3 rings (SSSR count). The second kappa shape index (κ2) is 15.3. The lowest BCUT2D eigenvalue weighted by atomic mass is 10.1. The van der Waals surface area contributed by atoms with E-state index >= 15 is 0 Å². The minimum atomic E-state index is 0. The van der Waals surface area contributed by atoms with Gasteiger partial charge in [0.2, 0.25) is 0 Å². The van der Waals surface area contributed by atoms with E-state index in [0.717, 1.165) is 83.5 Å². The number of benzene rings is 1. The lowest BCUT2D eigenvalue weighted by Crippen LogP contribution is -2.39. The zero-order chi connectivity index (χ0) is 20.0. The molecule has 1 saturated heterocycles. The molecule has 0 aliphatic carbocycles. The van der Waals surface area contributed by atoms with E-state index < -0.39 is 0 Å². The van der Waals surface area contributed by atoms with Gasteiger partial charge < -0.3 is 24.5 Å². The van der Waals surface area contributed by atoms with Crippen LogP contribution in [0.15, 0.2) is 58.1 Å². The van der Waals surface area contributed by atoms with Gasteiger partial charge in [-0.15, -0.1) is 24.0 Å². The number of hydrogen-bond acceptors (Lipinski definition) is 4. The molecule has 7 heteroatoms. The van der Waals surface area contributed by atoms with Crippen LogP contribution in [0.1, 0.15) is 24.2 Å². The molecular formula is C23H34IN3O3. The fourth-order valence-corrected chi connectivity index (χ4v) is 3.23. The van der Waals surface area contributed by atoms with Crippen LogP contribution >= 0.6 is 24.0 Å². The quantitative estimate of drug-likeness (QED) is 0.191. The molecule has 1 atom stereocenters. The van der Waals surface area contributed by atoms with Crippen molar-refractivity contribution in [3.05, 3.63) is 60.1 Å². The number of ether oxygens (including phenoxy) is 2. The molecule has 0 saturated carbocycles. The van der Waals surface area contributed by atoms with Crippen molar-refractivity contribution in [3.8, 4) is 0 Å². The molecule has 0 amide bonds. The van der Waals surface area contributed by atoms with Crippen LogP contribution in [0.25, 0.3) is 0 Å². The van der Waals surface area contributed by atoms with Crippen LogP contribution < -0.4 is 10.6 Å². The fraction of sp³-hybridized carbons (Fsp3) is 0.522. The standard InChI is InChI=1S/C23H33N3O3.HI/c1-2-6-20(7-3-1)9-13-25-23(26-14-10-22-8-4-16-29-22)24-12-5-15-27-18-21-11-17-28-19-21;/h1-4,6-8,16,21H,5,9-15,17-19H2,(H2,24,25,26);1H. The average Bonchev–Trinajstić information content (AvgIpc) is 3.45. The molecule has 1 unspecified atom stereocenters. The summed E-state index contributed by atoms with van der Waals surface area (Å²) in [7, 11) is 0. The molecule has 2 heterocycles. The van der Waals surface area contributed by atoms with Crippen LogP contribution in [0, 0.1) is 5.92 Å². The number of guanidine groups is 1. The molecule has 30 heavy (non-hydrogen) atoms. The highest BCUT2D eigenvalue weighted by molar-refractivity contribution is 14.0. The highest BCUT2D eigenvalue weighted by atomic mass is 127. The van der Waals surface area contributed by atoms with Gasteiger partial charge in [0.1, 0.15) is 5.76 Å². The van der Waals surface area contributed by atoms with Crippen LogP contribution in [-0.4, -0.2) is 52.0 Å². The molecule has 0 bridgehead atoms. The van der Waals surface area contributed by atoms with Crippen molar-refractivity contribution < 1.29 is 13.9 Å². The minimum absolute atomic E-state index is 0. The Balaban J connectivity index is 0.00000320. The van der Waals surface area contributed by atoms with Crippen molar-refractivity contribution in [2.24, 2.45) is 10.9 Å². The van der Waals surface area contributed by atoms with Crippen molar-refractivity contribution in [3.63, 3.8) is 0 Å². The summed E-state index contributed by atoms with van der Waals surface area (Å²) in [6, 6.07) is 14.4. The van der Waals surface area contributed by atoms with Crippen LogP contribution in [0.2, 0.25) is 0 Å². The van der Waals surface area contributed by atoms with Gasteiger partial charge in [0, 0.05) is 45.2 Å². The van der Waals surface area contributed by atoms with Gasteiger partial charge in [0.05, 0.1) is 19.5 Å². The van der Waals surface area contributed by atoms with E-state index in [2.05, 4.69) is 34.9 Å². The maximum absolute atomic E-state index is 5.77. The lowest BCUT2D eigenvalue weighted by molar-refractivity contribution is 0.0893. The van der Waals surface area contributed by atoms with Gasteiger partial charge >= 0.3 is 0 Å². The van der Waals surface area contributed by atoms with Crippen LogP contribution in [0.5, 0.6) is 0 Å². The third kappa shape index (κ3) is 9.95. The van der Waals surface area contributed by atoms with E-state index in [-0.39, 0.29) is 24.0 Å². The third-order valence-corrected chi connectivity index (χ3v) is 4.89. The Labute approximate surface area is 196 Å². The monoisotopic (exact) mass is 527 g/mol. The first-order valence-corrected chi connectivity index (χ1v) is 10.6. The summed E-state index contributed by atoms with van der Waals surface area (Å²) in [6.45, 7) is 5.62. The normalized spacial score (nSPS) is 16.3. The molecule has 166 valence electrons. The van der Waals surface area contributed by atoms with Crippen LogP contribution in [0.3, 0.4) is 0 Å². The average molecular weight is 527 g/mol. The van der Waals surface area contributed by atoms with Gasteiger partial charge in [-0.3, -0.25) is 4.99 Å². The molecule has 0 spiro atoms. The van der Waals surface area contributed by atoms with Crippen LogP contribution in [0.4, 0.5) is 0 Å². The molecule has 1 aliphatic heterocycles. The Morgan fingerprint density at radius 1 is 1.07 bits per heavy atom. The van der Waals surface area contributed by atoms with E-state index in [9.17, 15) is 0 Å². The van der Waals surface area contributed by atoms with E-state index in [1.54, 1.807) is 6.26 Å². The van der Waals surface area contributed by atoms with Gasteiger partial charge in [-0.25, -0.2) is 0 Å². The maximum Gasteiger partial charge on any atom is 0.191 e. The summed E-state index contributed by atoms with van der Waals surface area (Å²) in [4.78, 5) is 4.70. The summed E-state index contributed by atoms with van der Waals surface area (Å²) in [6.07, 6.45) is 5.54. The molecule has 2 N–H and O–H groups in total. The minimum Gasteiger partial charge on any atom is -0.469 e. The Bertz CT molecular complexity index is 689. The molecule has 6 nitrogen and oxygen atoms in total. The number of furan rings is 1. The second-order valence-electron chi connectivity index (χ2n) is 7.31. The van der Waals surface area contributed by atoms with Crippen molar-refractivity contribution in [1.82, 2.24) is 10.6 Å². The van der Waals surface area contributed by atoms with Crippen molar-refractivity contribution in [2.45, 2.75) is 25.7 Å². The first-order valence-electron chi connectivity index (χ1n) is 10.6. The number of rotatable bonds is 12. The summed E-state index contributed by atoms with van der Waals surface area (Å²) >= 11 is 0. The molecule has 0 radical (unpaired) electrons. The Kier molecular flexibility index (Phi) is 12.6. The zero-order valence-electron chi connectivity index (χ0n) is 17.6. The summed E-state index contributed by atoms with van der Waals surface area (Å²) in [5.74, 6) is 2.39. The largest absolute Gasteiger partial charge is 0.469 e. The van der Waals surface area contributed by atoms with Crippen molar-refractivity contribution in [2.75, 3.05) is 46.1 Å². The Morgan fingerprint density at radius 3 is 2.63 bits per heavy atom. The molecular weight excluding hydrogens is 493 g/mol. The SMILES string of the molecule is I.c1ccc(CCNC(=NCCCOCC2CCOC2)NCCc2ccco2)cc1. The number of hydrogen-bond donors (Lipinski definition) is 2. The van der Waals surface area contributed by atoms with Gasteiger partial charge in [-0.1, -0.05) is 30.3 Å². The molecule has 1 aromatic heterocycles. The predicted octanol–water partition coefficient (Wildman–Crippen LogP) is 3.66. The number of halogens is 1. The van der Waals surface area contributed by atoms with Crippen LogP contribution in [-0.2, 0) is 22.3 Å². The van der Waals surface area contributed by atoms with E-state index in [4.69, 9.17) is 18.9 Å². The van der Waals surface area contributed by atoms with Crippen molar-refractivity contribution in [1.29, 1.82) is 0 Å². The Hall–Kier alpha value is -1.58. The number of nitrogens with one attached hydrogen (secondary N) is 2. The second-order valence-corrected chi connectivity index (χ2v) is 7.31. The molecule has 1 aromatic carbocycles. The molecule has 2 aromatic rings. The first-order chi connectivity index (χ1) is 14.4. The maximum atomic E-state index is 5.77. The highest BCUT2D eigenvalue weighted by Gasteiger charge is 2.15. The lowest BCUT2D eigenvalue weighted by Gasteiger charge is -2.13. The van der Waals surface area contributed by atoms with E-state index in [0.29, 0.717) is 5.92 Å². The third-order valence-electron chi connectivity index (χ3n) is 4.89. The molecule has 1 fully saturated rings. The van der Waals surface area contributed by atoms with Crippen molar-refractivity contribution >= 4 is 29.9 Å². The summed E-state index contributed by atoms with van der Waals surface area (Å²) in [5.41, 5.74) is 1.32. The van der Waals surface area contributed by atoms with Gasteiger partial charge in [0.15, 0.2) is 5.96 Å². The summed E-state index contributed by atoms with van der Waals surface area (Å²) < 4.78 is 16.5. The Morgan fingerprint density at radius 2 is 1.90 bits per heavy atom. The first kappa shape index (κ1) is 24.7. The topological polar surface area (TPSA) is 68.0 Å². The zero-order valence-corrected chi connectivity index (χ0v) is 19.9. The number of aliphatic imine (C=N–C) groups is 1.